The zero-order valence-corrected chi connectivity index (χ0v) is 8.52. The second-order valence-electron chi connectivity index (χ2n) is 4.52. The van der Waals surface area contributed by atoms with Crippen LogP contribution in [0.15, 0.2) is 30.3 Å². The van der Waals surface area contributed by atoms with Gasteiger partial charge < -0.3 is 5.73 Å². The minimum Gasteiger partial charge on any atom is -0.368 e. The van der Waals surface area contributed by atoms with Crippen LogP contribution in [0.3, 0.4) is 0 Å². The molecule has 3 rings (SSSR count). The number of primary amides is 1. The standard InChI is InChI=1S/C12H14N2O/c13-11(15)10-12(6-7-12)14(10)8-9-4-2-1-3-5-9/h1-5,10H,6-8H2,(H2,13,15). The molecule has 2 N–H and O–H groups in total. The van der Waals surface area contributed by atoms with Gasteiger partial charge in [0.15, 0.2) is 0 Å². The van der Waals surface area contributed by atoms with Crippen molar-refractivity contribution in [3.63, 3.8) is 0 Å². The van der Waals surface area contributed by atoms with Crippen LogP contribution in [-0.2, 0) is 11.3 Å². The van der Waals surface area contributed by atoms with Crippen molar-refractivity contribution in [2.24, 2.45) is 5.73 Å². The first-order chi connectivity index (χ1) is 7.24. The molecule has 1 amide bonds. The molecular weight excluding hydrogens is 188 g/mol. The van der Waals surface area contributed by atoms with Gasteiger partial charge in [-0.05, 0) is 18.4 Å². The number of rotatable bonds is 3. The minimum atomic E-state index is -0.163. The van der Waals surface area contributed by atoms with Crippen LogP contribution in [0.5, 0.6) is 0 Å². The van der Waals surface area contributed by atoms with Crippen molar-refractivity contribution in [3.05, 3.63) is 35.9 Å². The first-order valence-corrected chi connectivity index (χ1v) is 5.34. The Balaban J connectivity index is 1.74. The molecule has 1 aromatic carbocycles. The van der Waals surface area contributed by atoms with Crippen molar-refractivity contribution in [1.29, 1.82) is 0 Å². The Morgan fingerprint density at radius 2 is 2.07 bits per heavy atom. The summed E-state index contributed by atoms with van der Waals surface area (Å²) in [6.07, 6.45) is 2.26. The van der Waals surface area contributed by atoms with Crippen LogP contribution in [0.1, 0.15) is 18.4 Å². The molecule has 2 unspecified atom stereocenters. The summed E-state index contributed by atoms with van der Waals surface area (Å²) < 4.78 is 0. The van der Waals surface area contributed by atoms with Gasteiger partial charge in [-0.25, -0.2) is 0 Å². The topological polar surface area (TPSA) is 46.1 Å². The molecule has 3 nitrogen and oxygen atoms in total. The highest BCUT2D eigenvalue weighted by atomic mass is 16.2. The van der Waals surface area contributed by atoms with Crippen molar-refractivity contribution in [1.82, 2.24) is 4.90 Å². The van der Waals surface area contributed by atoms with Crippen LogP contribution in [0.2, 0.25) is 0 Å². The van der Waals surface area contributed by atoms with Gasteiger partial charge in [0.1, 0.15) is 6.04 Å². The summed E-state index contributed by atoms with van der Waals surface area (Å²) in [6.45, 7) is 0.856. The van der Waals surface area contributed by atoms with Gasteiger partial charge in [0, 0.05) is 12.1 Å². The molecule has 1 aliphatic carbocycles. The molecule has 78 valence electrons. The largest absolute Gasteiger partial charge is 0.368 e. The van der Waals surface area contributed by atoms with E-state index in [9.17, 15) is 4.79 Å². The Labute approximate surface area is 88.9 Å². The first-order valence-electron chi connectivity index (χ1n) is 5.34. The van der Waals surface area contributed by atoms with E-state index in [2.05, 4.69) is 17.0 Å². The van der Waals surface area contributed by atoms with E-state index in [-0.39, 0.29) is 17.5 Å². The fraction of sp³-hybridized carbons (Fsp3) is 0.417. The fourth-order valence-electron chi connectivity index (χ4n) is 2.57. The molecule has 1 heterocycles. The summed E-state index contributed by atoms with van der Waals surface area (Å²) in [5, 5.41) is 0. The van der Waals surface area contributed by atoms with Gasteiger partial charge in [0.25, 0.3) is 0 Å². The van der Waals surface area contributed by atoms with Crippen molar-refractivity contribution >= 4 is 5.91 Å². The van der Waals surface area contributed by atoms with E-state index in [0.29, 0.717) is 0 Å². The fourth-order valence-corrected chi connectivity index (χ4v) is 2.57. The second-order valence-corrected chi connectivity index (χ2v) is 4.52. The van der Waals surface area contributed by atoms with Crippen LogP contribution < -0.4 is 5.73 Å². The van der Waals surface area contributed by atoms with E-state index in [4.69, 9.17) is 5.73 Å². The lowest BCUT2D eigenvalue weighted by molar-refractivity contribution is -0.118. The van der Waals surface area contributed by atoms with Crippen molar-refractivity contribution in [2.45, 2.75) is 31.0 Å². The SMILES string of the molecule is NC(=O)C1N(Cc2ccccc2)C12CC2. The third-order valence-corrected chi connectivity index (χ3v) is 3.55. The van der Waals surface area contributed by atoms with E-state index >= 15 is 0 Å². The van der Waals surface area contributed by atoms with Crippen LogP contribution >= 0.6 is 0 Å². The molecule has 15 heavy (non-hydrogen) atoms. The Morgan fingerprint density at radius 1 is 1.40 bits per heavy atom. The highest BCUT2D eigenvalue weighted by molar-refractivity contribution is 5.86. The van der Waals surface area contributed by atoms with Gasteiger partial charge in [0.2, 0.25) is 5.91 Å². The van der Waals surface area contributed by atoms with Crippen molar-refractivity contribution in [3.8, 4) is 0 Å². The number of benzene rings is 1. The molecule has 3 heteroatoms. The highest BCUT2D eigenvalue weighted by Gasteiger charge is 2.72. The monoisotopic (exact) mass is 202 g/mol. The number of hydrogen-bond donors (Lipinski definition) is 1. The van der Waals surface area contributed by atoms with Crippen LogP contribution in [0, 0.1) is 0 Å². The Bertz CT molecular complexity index is 397. The average Bonchev–Trinajstić information content (AvgIpc) is 3.10. The highest BCUT2D eigenvalue weighted by Crippen LogP contribution is 2.60. The molecule has 2 aliphatic rings. The van der Waals surface area contributed by atoms with Crippen molar-refractivity contribution < 1.29 is 4.79 Å². The van der Waals surface area contributed by atoms with Gasteiger partial charge in [-0.1, -0.05) is 30.3 Å². The van der Waals surface area contributed by atoms with Crippen molar-refractivity contribution in [2.75, 3.05) is 0 Å². The predicted molar refractivity (Wildman–Crippen MR) is 56.9 cm³/mol. The molecule has 1 saturated carbocycles. The number of carbonyl (C=O) groups excluding carboxylic acids is 1. The maximum absolute atomic E-state index is 11.2. The third-order valence-electron chi connectivity index (χ3n) is 3.55. The predicted octanol–water partition coefficient (Wildman–Crippen LogP) is 0.889. The normalized spacial score (nSPS) is 30.1. The van der Waals surface area contributed by atoms with Gasteiger partial charge >= 0.3 is 0 Å². The third kappa shape index (κ3) is 1.27. The number of carbonyl (C=O) groups is 1. The number of nitrogens with zero attached hydrogens (tertiary/aromatic N) is 1. The zero-order chi connectivity index (χ0) is 10.5. The van der Waals surface area contributed by atoms with E-state index in [1.807, 2.05) is 18.2 Å². The zero-order valence-electron chi connectivity index (χ0n) is 8.52. The minimum absolute atomic E-state index is 0.00212. The summed E-state index contributed by atoms with van der Waals surface area (Å²) in [4.78, 5) is 13.4. The van der Waals surface area contributed by atoms with E-state index in [1.165, 1.54) is 5.56 Å². The summed E-state index contributed by atoms with van der Waals surface area (Å²) in [5.41, 5.74) is 6.80. The lowest BCUT2D eigenvalue weighted by atomic mass is 10.2. The summed E-state index contributed by atoms with van der Waals surface area (Å²) in [7, 11) is 0. The molecule has 0 bridgehead atoms. The number of nitrogens with two attached hydrogens (primary N) is 1. The first kappa shape index (κ1) is 8.92. The number of hydrogen-bond acceptors (Lipinski definition) is 2. The second kappa shape index (κ2) is 2.83. The summed E-state index contributed by atoms with van der Waals surface area (Å²) >= 11 is 0. The maximum Gasteiger partial charge on any atom is 0.236 e. The lowest BCUT2D eigenvalue weighted by Crippen LogP contribution is -2.22. The van der Waals surface area contributed by atoms with E-state index < -0.39 is 0 Å². The Hall–Kier alpha value is -1.35. The molecular formula is C12H14N2O. The molecule has 1 aromatic rings. The van der Waals surface area contributed by atoms with Crippen LogP contribution in [-0.4, -0.2) is 22.4 Å². The molecule has 1 aliphatic heterocycles. The Morgan fingerprint density at radius 3 is 2.53 bits per heavy atom. The van der Waals surface area contributed by atoms with Crippen LogP contribution in [0.25, 0.3) is 0 Å². The summed E-state index contributed by atoms with van der Waals surface area (Å²) in [6, 6.07) is 10.2. The molecule has 1 spiro atoms. The maximum atomic E-state index is 11.2. The Kier molecular flexibility index (Phi) is 1.68. The van der Waals surface area contributed by atoms with Gasteiger partial charge in [-0.3, -0.25) is 9.69 Å². The molecule has 0 radical (unpaired) electrons. The van der Waals surface area contributed by atoms with Gasteiger partial charge in [0.05, 0.1) is 0 Å². The quantitative estimate of drug-likeness (QED) is 0.740. The van der Waals surface area contributed by atoms with Crippen LogP contribution in [0.4, 0.5) is 0 Å². The van der Waals surface area contributed by atoms with E-state index in [0.717, 1.165) is 19.4 Å². The van der Waals surface area contributed by atoms with E-state index in [1.54, 1.807) is 0 Å². The lowest BCUT2D eigenvalue weighted by Gasteiger charge is -2.02. The molecule has 0 aromatic heterocycles. The number of amides is 1. The van der Waals surface area contributed by atoms with Gasteiger partial charge in [-0.15, -0.1) is 0 Å². The molecule has 1 saturated heterocycles. The average molecular weight is 202 g/mol. The summed E-state index contributed by atoms with van der Waals surface area (Å²) in [5.74, 6) is -0.163. The molecule has 2 atom stereocenters. The molecule has 2 fully saturated rings. The van der Waals surface area contributed by atoms with Gasteiger partial charge in [-0.2, -0.15) is 0 Å². The smallest absolute Gasteiger partial charge is 0.236 e.